The zero-order valence-electron chi connectivity index (χ0n) is 21.0. The molecule has 2 aromatic carbocycles. The molecule has 2 N–H and O–H groups in total. The summed E-state index contributed by atoms with van der Waals surface area (Å²) in [7, 11) is 0. The number of rotatable bonds is 9. The van der Waals surface area contributed by atoms with Crippen LogP contribution in [0.2, 0.25) is 0 Å². The molecule has 0 bridgehead atoms. The van der Waals surface area contributed by atoms with Crippen LogP contribution in [0.4, 0.5) is 18.9 Å². The fourth-order valence-electron chi connectivity index (χ4n) is 5.51. The fourth-order valence-corrected chi connectivity index (χ4v) is 5.51. The molecular formula is C28H36F3N3O3. The first-order chi connectivity index (χ1) is 17.8. The topological polar surface area (TPSA) is 65.0 Å². The molecule has 202 valence electrons. The van der Waals surface area contributed by atoms with Crippen LogP contribution in [-0.2, 0) is 11.3 Å². The number of ether oxygens (including phenoxy) is 1. The van der Waals surface area contributed by atoms with Gasteiger partial charge in [0.2, 0.25) is 5.91 Å². The van der Waals surface area contributed by atoms with E-state index in [0.29, 0.717) is 38.4 Å². The lowest BCUT2D eigenvalue weighted by Crippen LogP contribution is -2.43. The van der Waals surface area contributed by atoms with Crippen molar-refractivity contribution in [2.75, 3.05) is 44.2 Å². The molecule has 9 heteroatoms. The first-order valence-corrected chi connectivity index (χ1v) is 13.1. The number of alkyl halides is 3. The van der Waals surface area contributed by atoms with Crippen molar-refractivity contribution in [2.24, 2.45) is 17.8 Å². The number of likely N-dealkylation sites (tertiary alicyclic amines) is 1. The number of nitrogens with zero attached hydrogens (tertiary/aromatic N) is 2. The number of amides is 1. The van der Waals surface area contributed by atoms with Gasteiger partial charge in [0, 0.05) is 50.9 Å². The van der Waals surface area contributed by atoms with Crippen LogP contribution >= 0.6 is 0 Å². The van der Waals surface area contributed by atoms with Crippen LogP contribution in [0.25, 0.3) is 0 Å². The molecule has 0 aromatic heterocycles. The number of piperidine rings is 2. The summed E-state index contributed by atoms with van der Waals surface area (Å²) in [5, 5.41) is 13.1. The van der Waals surface area contributed by atoms with E-state index in [1.54, 1.807) is 12.1 Å². The Morgan fingerprint density at radius 3 is 2.32 bits per heavy atom. The number of carbonyl (C=O) groups is 1. The molecule has 4 rings (SSSR count). The lowest BCUT2D eigenvalue weighted by atomic mass is 9.83. The molecule has 0 spiro atoms. The van der Waals surface area contributed by atoms with Crippen LogP contribution in [0.3, 0.4) is 0 Å². The maximum absolute atomic E-state index is 12.8. The van der Waals surface area contributed by atoms with E-state index in [0.717, 1.165) is 38.2 Å². The van der Waals surface area contributed by atoms with Gasteiger partial charge in [-0.1, -0.05) is 30.3 Å². The van der Waals surface area contributed by atoms with Crippen LogP contribution in [0.1, 0.15) is 31.2 Å². The molecule has 0 aliphatic carbocycles. The standard InChI is InChI=1S/C28H36F3N3O3/c29-28(30,31)37-26-8-6-25(7-9-26)34-16-12-23(13-17-34)27(36)32-14-10-22-11-15-33(19-24(22)20-35)18-21-4-2-1-3-5-21/h1-9,22-24,35H,10-20H2,(H,32,36). The molecule has 2 saturated heterocycles. The van der Waals surface area contributed by atoms with Gasteiger partial charge in [0.05, 0.1) is 0 Å². The summed E-state index contributed by atoms with van der Waals surface area (Å²) < 4.78 is 41.0. The second-order valence-electron chi connectivity index (χ2n) is 10.1. The predicted molar refractivity (Wildman–Crippen MR) is 136 cm³/mol. The first kappa shape index (κ1) is 27.3. The van der Waals surface area contributed by atoms with Crippen LogP contribution in [0.15, 0.2) is 54.6 Å². The smallest absolute Gasteiger partial charge is 0.406 e. The molecule has 2 aromatic rings. The highest BCUT2D eigenvalue weighted by Gasteiger charge is 2.32. The normalized spacial score (nSPS) is 21.6. The Labute approximate surface area is 216 Å². The highest BCUT2D eigenvalue weighted by Crippen LogP contribution is 2.29. The Hall–Kier alpha value is -2.78. The maximum atomic E-state index is 12.8. The molecule has 37 heavy (non-hydrogen) atoms. The molecule has 2 aliphatic heterocycles. The number of aliphatic hydroxyl groups is 1. The fraction of sp³-hybridized carbons (Fsp3) is 0.536. The number of hydrogen-bond acceptors (Lipinski definition) is 5. The number of benzene rings is 2. The molecule has 1 amide bonds. The molecule has 2 atom stereocenters. The highest BCUT2D eigenvalue weighted by molar-refractivity contribution is 5.79. The Kier molecular flexibility index (Phi) is 9.32. The number of nitrogens with one attached hydrogen (secondary N) is 1. The van der Waals surface area contributed by atoms with E-state index in [1.165, 1.54) is 17.7 Å². The molecular weight excluding hydrogens is 483 g/mol. The molecule has 0 radical (unpaired) electrons. The summed E-state index contributed by atoms with van der Waals surface area (Å²) in [4.78, 5) is 17.2. The quantitative estimate of drug-likeness (QED) is 0.513. The van der Waals surface area contributed by atoms with Gasteiger partial charge in [-0.3, -0.25) is 9.69 Å². The third kappa shape index (κ3) is 8.10. The summed E-state index contributed by atoms with van der Waals surface area (Å²) in [6, 6.07) is 16.2. The Morgan fingerprint density at radius 1 is 0.973 bits per heavy atom. The van der Waals surface area contributed by atoms with Crippen LogP contribution in [-0.4, -0.2) is 61.6 Å². The third-order valence-electron chi connectivity index (χ3n) is 7.57. The number of anilines is 1. The summed E-state index contributed by atoms with van der Waals surface area (Å²) in [6.07, 6.45) is -1.43. The monoisotopic (exact) mass is 519 g/mol. The molecule has 2 fully saturated rings. The summed E-state index contributed by atoms with van der Waals surface area (Å²) in [5.74, 6) is 0.367. The zero-order chi connectivity index (χ0) is 26.3. The van der Waals surface area contributed by atoms with Gasteiger partial charge >= 0.3 is 6.36 Å². The largest absolute Gasteiger partial charge is 0.573 e. The SMILES string of the molecule is O=C(NCCC1CCN(Cc2ccccc2)CC1CO)C1CCN(c2ccc(OC(F)(F)F)cc2)CC1. The Bertz CT molecular complexity index is 980. The number of hydrogen-bond donors (Lipinski definition) is 2. The minimum atomic E-state index is -4.70. The van der Waals surface area contributed by atoms with Gasteiger partial charge in [-0.25, -0.2) is 0 Å². The third-order valence-corrected chi connectivity index (χ3v) is 7.57. The van der Waals surface area contributed by atoms with Crippen LogP contribution in [0, 0.1) is 17.8 Å². The molecule has 2 unspecified atom stereocenters. The Balaban J connectivity index is 1.16. The van der Waals surface area contributed by atoms with E-state index in [1.807, 2.05) is 18.2 Å². The van der Waals surface area contributed by atoms with Gasteiger partial charge in [-0.05, 0) is 73.9 Å². The molecule has 2 aliphatic rings. The van der Waals surface area contributed by atoms with Gasteiger partial charge in [0.1, 0.15) is 5.75 Å². The second-order valence-corrected chi connectivity index (χ2v) is 10.1. The van der Waals surface area contributed by atoms with Gasteiger partial charge in [0.15, 0.2) is 0 Å². The van der Waals surface area contributed by atoms with Gasteiger partial charge < -0.3 is 20.1 Å². The predicted octanol–water partition coefficient (Wildman–Crippen LogP) is 4.44. The number of aliphatic hydroxyl groups excluding tert-OH is 1. The van der Waals surface area contributed by atoms with Crippen LogP contribution < -0.4 is 15.0 Å². The van der Waals surface area contributed by atoms with E-state index < -0.39 is 6.36 Å². The zero-order valence-corrected chi connectivity index (χ0v) is 21.0. The Morgan fingerprint density at radius 2 is 1.68 bits per heavy atom. The number of halogens is 3. The molecule has 0 saturated carbocycles. The van der Waals surface area contributed by atoms with Gasteiger partial charge in [-0.2, -0.15) is 0 Å². The van der Waals surface area contributed by atoms with Gasteiger partial charge in [-0.15, -0.1) is 13.2 Å². The lowest BCUT2D eigenvalue weighted by molar-refractivity contribution is -0.274. The van der Waals surface area contributed by atoms with Crippen molar-refractivity contribution in [3.63, 3.8) is 0 Å². The maximum Gasteiger partial charge on any atom is 0.573 e. The molecule has 6 nitrogen and oxygen atoms in total. The van der Waals surface area contributed by atoms with Crippen molar-refractivity contribution in [3.05, 3.63) is 60.2 Å². The van der Waals surface area contributed by atoms with Crippen molar-refractivity contribution < 1.29 is 27.8 Å². The number of carbonyl (C=O) groups excluding carboxylic acids is 1. The van der Waals surface area contributed by atoms with Crippen molar-refractivity contribution >= 4 is 11.6 Å². The van der Waals surface area contributed by atoms with Gasteiger partial charge in [0.25, 0.3) is 0 Å². The first-order valence-electron chi connectivity index (χ1n) is 13.1. The van der Waals surface area contributed by atoms with E-state index in [4.69, 9.17) is 0 Å². The van der Waals surface area contributed by atoms with E-state index in [-0.39, 0.29) is 30.1 Å². The van der Waals surface area contributed by atoms with Crippen molar-refractivity contribution in [2.45, 2.75) is 38.6 Å². The van der Waals surface area contributed by atoms with E-state index in [9.17, 15) is 23.1 Å². The lowest BCUT2D eigenvalue weighted by Gasteiger charge is -2.38. The van der Waals surface area contributed by atoms with E-state index in [2.05, 4.69) is 32.0 Å². The van der Waals surface area contributed by atoms with Crippen molar-refractivity contribution in [1.82, 2.24) is 10.2 Å². The average Bonchev–Trinajstić information content (AvgIpc) is 2.89. The van der Waals surface area contributed by atoms with Crippen LogP contribution in [0.5, 0.6) is 5.75 Å². The summed E-state index contributed by atoms with van der Waals surface area (Å²) in [5.41, 5.74) is 2.10. The van der Waals surface area contributed by atoms with Crippen molar-refractivity contribution in [1.29, 1.82) is 0 Å². The average molecular weight is 520 g/mol. The van der Waals surface area contributed by atoms with E-state index >= 15 is 0 Å². The second kappa shape index (κ2) is 12.6. The summed E-state index contributed by atoms with van der Waals surface area (Å²) >= 11 is 0. The minimum absolute atomic E-state index is 0.0644. The minimum Gasteiger partial charge on any atom is -0.406 e. The highest BCUT2D eigenvalue weighted by atomic mass is 19.4. The molecule has 2 heterocycles. The summed E-state index contributed by atoms with van der Waals surface area (Å²) in [6.45, 7) is 4.86. The van der Waals surface area contributed by atoms with Crippen molar-refractivity contribution in [3.8, 4) is 5.75 Å².